The van der Waals surface area contributed by atoms with Gasteiger partial charge in [-0.3, -0.25) is 0 Å². The number of hydrogen-bond acceptors (Lipinski definition) is 0. The van der Waals surface area contributed by atoms with Crippen LogP contribution in [-0.4, -0.2) is 0 Å². The van der Waals surface area contributed by atoms with Crippen molar-refractivity contribution in [2.45, 2.75) is 79.6 Å². The van der Waals surface area contributed by atoms with Gasteiger partial charge in [0, 0.05) is 0 Å². The molecule has 1 saturated carbocycles. The van der Waals surface area contributed by atoms with Gasteiger partial charge in [-0.2, -0.15) is 0 Å². The maximum absolute atomic E-state index is 2.49. The van der Waals surface area contributed by atoms with Crippen molar-refractivity contribution in [3.05, 3.63) is 34.4 Å². The van der Waals surface area contributed by atoms with E-state index in [2.05, 4.69) is 53.7 Å². The SMILES string of the molecule is CCCc1ccc(C2CCC(CC)C(C)C2C)c(C)c1C. The Bertz CT molecular complexity index is 471. The lowest BCUT2D eigenvalue weighted by Gasteiger charge is -2.41. The molecule has 118 valence electrons. The van der Waals surface area contributed by atoms with Crippen LogP contribution in [0.2, 0.25) is 0 Å². The van der Waals surface area contributed by atoms with E-state index in [0.717, 1.165) is 23.7 Å². The summed E-state index contributed by atoms with van der Waals surface area (Å²) in [5.74, 6) is 3.40. The largest absolute Gasteiger partial charge is 0.0651 e. The van der Waals surface area contributed by atoms with E-state index in [1.807, 2.05) is 0 Å². The average molecular weight is 287 g/mol. The first kappa shape index (κ1) is 16.6. The maximum Gasteiger partial charge on any atom is -0.0131 e. The van der Waals surface area contributed by atoms with Crippen LogP contribution in [0.15, 0.2) is 12.1 Å². The molecule has 0 aliphatic heterocycles. The summed E-state index contributed by atoms with van der Waals surface area (Å²) in [5.41, 5.74) is 6.31. The van der Waals surface area contributed by atoms with Crippen molar-refractivity contribution < 1.29 is 0 Å². The molecular formula is C21H34. The van der Waals surface area contributed by atoms with E-state index in [0.29, 0.717) is 0 Å². The fraction of sp³-hybridized carbons (Fsp3) is 0.714. The molecule has 21 heavy (non-hydrogen) atoms. The van der Waals surface area contributed by atoms with Gasteiger partial charge in [0.15, 0.2) is 0 Å². The molecule has 1 fully saturated rings. The minimum Gasteiger partial charge on any atom is -0.0651 e. The molecule has 0 amide bonds. The molecule has 0 aromatic heterocycles. The lowest BCUT2D eigenvalue weighted by molar-refractivity contribution is 0.151. The molecule has 0 saturated heterocycles. The van der Waals surface area contributed by atoms with E-state index in [4.69, 9.17) is 0 Å². The lowest BCUT2D eigenvalue weighted by Crippen LogP contribution is -2.30. The molecule has 1 aromatic carbocycles. The van der Waals surface area contributed by atoms with E-state index in [1.165, 1.54) is 32.1 Å². The summed E-state index contributed by atoms with van der Waals surface area (Å²) in [5, 5.41) is 0. The Hall–Kier alpha value is -0.780. The number of aryl methyl sites for hydroxylation is 1. The Labute approximate surface area is 132 Å². The molecule has 0 bridgehead atoms. The predicted molar refractivity (Wildman–Crippen MR) is 94.0 cm³/mol. The number of hydrogen-bond donors (Lipinski definition) is 0. The minimum atomic E-state index is 0.775. The standard InChI is InChI=1S/C21H34/c1-7-9-19-11-13-21(17(6)15(19)4)20-12-10-18(8-2)14(3)16(20)5/h11,13-14,16,18,20H,7-10,12H2,1-6H3. The third kappa shape index (κ3) is 3.20. The second-order valence-electron chi connectivity index (χ2n) is 7.38. The van der Waals surface area contributed by atoms with Gasteiger partial charge in [0.2, 0.25) is 0 Å². The quantitative estimate of drug-likeness (QED) is 0.598. The van der Waals surface area contributed by atoms with Gasteiger partial charge in [-0.25, -0.2) is 0 Å². The van der Waals surface area contributed by atoms with Gasteiger partial charge in [0.1, 0.15) is 0 Å². The van der Waals surface area contributed by atoms with Gasteiger partial charge in [0.25, 0.3) is 0 Å². The number of rotatable bonds is 4. The first-order valence-electron chi connectivity index (χ1n) is 9.10. The predicted octanol–water partition coefficient (Wildman–Crippen LogP) is 6.43. The fourth-order valence-electron chi connectivity index (χ4n) is 4.57. The van der Waals surface area contributed by atoms with Crippen molar-refractivity contribution in [1.29, 1.82) is 0 Å². The highest BCUT2D eigenvalue weighted by Crippen LogP contribution is 2.46. The zero-order chi connectivity index (χ0) is 15.6. The monoisotopic (exact) mass is 286 g/mol. The average Bonchev–Trinajstić information content (AvgIpc) is 2.48. The molecule has 1 aliphatic rings. The van der Waals surface area contributed by atoms with Crippen LogP contribution in [0.25, 0.3) is 0 Å². The smallest absolute Gasteiger partial charge is 0.0131 e. The topological polar surface area (TPSA) is 0 Å². The second-order valence-corrected chi connectivity index (χ2v) is 7.38. The molecule has 0 heteroatoms. The maximum atomic E-state index is 2.49. The van der Waals surface area contributed by atoms with E-state index in [9.17, 15) is 0 Å². The Kier molecular flexibility index (Phi) is 5.52. The summed E-state index contributed by atoms with van der Waals surface area (Å²) in [6, 6.07) is 4.86. The summed E-state index contributed by atoms with van der Waals surface area (Å²) in [7, 11) is 0. The molecule has 0 radical (unpaired) electrons. The number of benzene rings is 1. The zero-order valence-electron chi connectivity index (χ0n) is 15.0. The molecule has 0 nitrogen and oxygen atoms in total. The lowest BCUT2D eigenvalue weighted by atomic mass is 9.64. The van der Waals surface area contributed by atoms with Gasteiger partial charge in [-0.05, 0) is 79.0 Å². The van der Waals surface area contributed by atoms with Crippen LogP contribution in [0.4, 0.5) is 0 Å². The first-order chi connectivity index (χ1) is 10.0. The van der Waals surface area contributed by atoms with E-state index >= 15 is 0 Å². The summed E-state index contributed by atoms with van der Waals surface area (Å²) in [4.78, 5) is 0. The molecular weight excluding hydrogens is 252 g/mol. The molecule has 2 rings (SSSR count). The molecule has 4 unspecified atom stereocenters. The van der Waals surface area contributed by atoms with Crippen molar-refractivity contribution in [2.75, 3.05) is 0 Å². The highest BCUT2D eigenvalue weighted by Gasteiger charge is 2.34. The highest BCUT2D eigenvalue weighted by atomic mass is 14.4. The van der Waals surface area contributed by atoms with Gasteiger partial charge >= 0.3 is 0 Å². The second kappa shape index (κ2) is 6.99. The summed E-state index contributed by atoms with van der Waals surface area (Å²) in [6.45, 7) is 14.3. The third-order valence-corrected chi connectivity index (χ3v) is 6.44. The summed E-state index contributed by atoms with van der Waals surface area (Å²) < 4.78 is 0. The Morgan fingerprint density at radius 3 is 2.29 bits per heavy atom. The van der Waals surface area contributed by atoms with Gasteiger partial charge in [-0.1, -0.05) is 52.7 Å². The molecule has 1 aliphatic carbocycles. The van der Waals surface area contributed by atoms with Crippen LogP contribution in [-0.2, 0) is 6.42 Å². The van der Waals surface area contributed by atoms with E-state index in [-0.39, 0.29) is 0 Å². The van der Waals surface area contributed by atoms with Crippen molar-refractivity contribution >= 4 is 0 Å². The minimum absolute atomic E-state index is 0.775. The molecule has 1 aromatic rings. The third-order valence-electron chi connectivity index (χ3n) is 6.44. The molecule has 0 heterocycles. The Morgan fingerprint density at radius 2 is 1.67 bits per heavy atom. The van der Waals surface area contributed by atoms with Crippen molar-refractivity contribution in [3.8, 4) is 0 Å². The van der Waals surface area contributed by atoms with Crippen LogP contribution in [0.5, 0.6) is 0 Å². The van der Waals surface area contributed by atoms with Crippen LogP contribution in [0, 0.1) is 31.6 Å². The normalized spacial score (nSPS) is 29.6. The fourth-order valence-corrected chi connectivity index (χ4v) is 4.57. The molecule has 0 spiro atoms. The van der Waals surface area contributed by atoms with Crippen LogP contribution >= 0.6 is 0 Å². The van der Waals surface area contributed by atoms with E-state index in [1.54, 1.807) is 22.3 Å². The summed E-state index contributed by atoms with van der Waals surface area (Å²) in [6.07, 6.45) is 6.63. The van der Waals surface area contributed by atoms with Crippen molar-refractivity contribution in [3.63, 3.8) is 0 Å². The van der Waals surface area contributed by atoms with Gasteiger partial charge in [0.05, 0.1) is 0 Å². The zero-order valence-corrected chi connectivity index (χ0v) is 15.0. The van der Waals surface area contributed by atoms with Crippen LogP contribution < -0.4 is 0 Å². The first-order valence-corrected chi connectivity index (χ1v) is 9.10. The van der Waals surface area contributed by atoms with Crippen LogP contribution in [0.3, 0.4) is 0 Å². The van der Waals surface area contributed by atoms with Crippen LogP contribution in [0.1, 0.15) is 81.5 Å². The van der Waals surface area contributed by atoms with Gasteiger partial charge in [-0.15, -0.1) is 0 Å². The summed E-state index contributed by atoms with van der Waals surface area (Å²) >= 11 is 0. The highest BCUT2D eigenvalue weighted by molar-refractivity contribution is 5.41. The van der Waals surface area contributed by atoms with Crippen molar-refractivity contribution in [1.82, 2.24) is 0 Å². The molecule has 0 N–H and O–H groups in total. The van der Waals surface area contributed by atoms with E-state index < -0.39 is 0 Å². The molecule has 4 atom stereocenters. The van der Waals surface area contributed by atoms with Crippen molar-refractivity contribution in [2.24, 2.45) is 17.8 Å². The Balaban J connectivity index is 2.28. The van der Waals surface area contributed by atoms with Gasteiger partial charge < -0.3 is 0 Å². The Morgan fingerprint density at radius 1 is 0.952 bits per heavy atom.